The predicted octanol–water partition coefficient (Wildman–Crippen LogP) is -3.52. The van der Waals surface area contributed by atoms with E-state index in [9.17, 15) is 39.6 Å². The van der Waals surface area contributed by atoms with Gasteiger partial charge >= 0.3 is 51.4 Å². The second kappa shape index (κ2) is 36.8. The summed E-state index contributed by atoms with van der Waals surface area (Å²) in [5.74, 6) is -4.66. The van der Waals surface area contributed by atoms with Crippen molar-refractivity contribution < 1.29 is 91.0 Å². The Balaban J connectivity index is -0.000000105. The van der Waals surface area contributed by atoms with Crippen molar-refractivity contribution in [3.63, 3.8) is 0 Å². The van der Waals surface area contributed by atoms with Crippen molar-refractivity contribution in [1.29, 1.82) is 0 Å². The van der Waals surface area contributed by atoms with Crippen molar-refractivity contribution >= 4 is 23.9 Å². The van der Waals surface area contributed by atoms with Crippen LogP contribution in [-0.4, -0.2) is 23.9 Å². The average molecular weight is 484 g/mol. The first-order valence-electron chi connectivity index (χ1n) is 9.10. The summed E-state index contributed by atoms with van der Waals surface area (Å²) in [6, 6.07) is 0. The SMILES string of the molecule is C/C=C/C=C/C(=O)[O-].C/C=C/C=C/C(=O)[O-].C/C=C/C=C/C(=O)[O-].C/C=C/C=C/C(=O)[O-].[K+]. The second-order valence-corrected chi connectivity index (χ2v) is 4.82. The molecule has 0 amide bonds. The van der Waals surface area contributed by atoms with Crippen molar-refractivity contribution in [1.82, 2.24) is 0 Å². The Morgan fingerprint density at radius 2 is 0.545 bits per heavy atom. The largest absolute Gasteiger partial charge is 1.00 e. The molecule has 0 aliphatic heterocycles. The Morgan fingerprint density at radius 3 is 0.636 bits per heavy atom. The molecule has 0 unspecified atom stereocenters. The van der Waals surface area contributed by atoms with Crippen molar-refractivity contribution in [2.75, 3.05) is 0 Å². The van der Waals surface area contributed by atoms with Gasteiger partial charge < -0.3 is 39.6 Å². The number of carboxylic acid groups (broad SMARTS) is 4. The van der Waals surface area contributed by atoms with Gasteiger partial charge in [0.25, 0.3) is 0 Å². The standard InChI is InChI=1S/4C6H8O2.K/c4*1-2-3-4-5-6(7)8;/h4*2-5H,1H3,(H,7,8);/q;;;;+1/p-4/b4*3-2+,5-4+;. The Bertz CT molecular complexity index is 624. The molecule has 0 aliphatic rings. The summed E-state index contributed by atoms with van der Waals surface area (Å²) in [5, 5.41) is 38.6. The first kappa shape index (κ1) is 40.8. The van der Waals surface area contributed by atoms with Crippen LogP contribution in [0, 0.1) is 0 Å². The maximum Gasteiger partial charge on any atom is 1.00 e. The van der Waals surface area contributed by atoms with Crippen LogP contribution in [-0.2, 0) is 19.2 Å². The van der Waals surface area contributed by atoms with Gasteiger partial charge in [-0.2, -0.15) is 0 Å². The Morgan fingerprint density at radius 1 is 0.394 bits per heavy atom. The van der Waals surface area contributed by atoms with E-state index in [-0.39, 0.29) is 51.4 Å². The minimum Gasteiger partial charge on any atom is -0.545 e. The third kappa shape index (κ3) is 72.9. The van der Waals surface area contributed by atoms with Crippen LogP contribution in [0.15, 0.2) is 97.2 Å². The molecule has 0 radical (unpaired) electrons. The fourth-order valence-corrected chi connectivity index (χ4v) is 0.981. The number of hydrogen-bond donors (Lipinski definition) is 0. The van der Waals surface area contributed by atoms with Crippen LogP contribution in [0.2, 0.25) is 0 Å². The van der Waals surface area contributed by atoms with Crippen LogP contribution in [0.5, 0.6) is 0 Å². The molecule has 0 heterocycles. The van der Waals surface area contributed by atoms with E-state index in [0.29, 0.717) is 0 Å². The Labute approximate surface area is 237 Å². The minimum atomic E-state index is -1.16. The van der Waals surface area contributed by atoms with Gasteiger partial charge in [0, 0.05) is 0 Å². The first-order chi connectivity index (χ1) is 15.1. The van der Waals surface area contributed by atoms with E-state index in [1.165, 1.54) is 24.3 Å². The van der Waals surface area contributed by atoms with Gasteiger partial charge in [-0.1, -0.05) is 72.9 Å². The smallest absolute Gasteiger partial charge is 0.545 e. The molecule has 0 aromatic carbocycles. The minimum absolute atomic E-state index is 0. The van der Waals surface area contributed by atoms with E-state index in [1.807, 2.05) is 0 Å². The average Bonchev–Trinajstić information content (AvgIpc) is 2.69. The van der Waals surface area contributed by atoms with Gasteiger partial charge in [0.1, 0.15) is 0 Å². The van der Waals surface area contributed by atoms with Crippen molar-refractivity contribution in [2.24, 2.45) is 0 Å². The summed E-state index contributed by atoms with van der Waals surface area (Å²) in [4.78, 5) is 38.6. The monoisotopic (exact) mass is 483 g/mol. The molecule has 0 atom stereocenters. The molecule has 0 saturated carbocycles. The molecule has 0 aromatic rings. The van der Waals surface area contributed by atoms with Crippen LogP contribution in [0.3, 0.4) is 0 Å². The van der Waals surface area contributed by atoms with Gasteiger partial charge in [-0.15, -0.1) is 0 Å². The summed E-state index contributed by atoms with van der Waals surface area (Å²) < 4.78 is 0. The van der Waals surface area contributed by atoms with Crippen molar-refractivity contribution in [2.45, 2.75) is 27.7 Å². The second-order valence-electron chi connectivity index (χ2n) is 4.82. The Hall–Kier alpha value is -2.56. The fourth-order valence-electron chi connectivity index (χ4n) is 0.981. The zero-order valence-electron chi connectivity index (χ0n) is 19.5. The third-order valence-electron chi connectivity index (χ3n) is 2.14. The molecular weight excluding hydrogens is 455 g/mol. The van der Waals surface area contributed by atoms with Gasteiger partial charge in [0.2, 0.25) is 0 Å². The van der Waals surface area contributed by atoms with Gasteiger partial charge in [-0.3, -0.25) is 0 Å². The topological polar surface area (TPSA) is 161 Å². The van der Waals surface area contributed by atoms with Gasteiger partial charge in [0.15, 0.2) is 0 Å². The molecule has 8 nitrogen and oxygen atoms in total. The van der Waals surface area contributed by atoms with Gasteiger partial charge in [0.05, 0.1) is 23.9 Å². The molecule has 0 spiro atoms. The molecule has 0 rings (SSSR count). The van der Waals surface area contributed by atoms with E-state index in [0.717, 1.165) is 24.3 Å². The van der Waals surface area contributed by atoms with Crippen LogP contribution in [0.4, 0.5) is 0 Å². The maximum absolute atomic E-state index is 9.64. The summed E-state index contributed by atoms with van der Waals surface area (Å²) in [6.07, 6.45) is 23.0. The number of rotatable bonds is 8. The maximum atomic E-state index is 9.64. The summed E-state index contributed by atoms with van der Waals surface area (Å²) in [5.41, 5.74) is 0. The van der Waals surface area contributed by atoms with E-state index < -0.39 is 23.9 Å². The number of carboxylic acids is 4. The molecular formula is C24H28KO8-3. The molecule has 33 heavy (non-hydrogen) atoms. The molecule has 0 fully saturated rings. The molecule has 0 bridgehead atoms. The Kier molecular flexibility index (Phi) is 45.4. The van der Waals surface area contributed by atoms with E-state index in [1.54, 1.807) is 76.3 Å². The van der Waals surface area contributed by atoms with E-state index >= 15 is 0 Å². The summed E-state index contributed by atoms with van der Waals surface area (Å²) in [7, 11) is 0. The number of hydrogen-bond acceptors (Lipinski definition) is 8. The zero-order valence-corrected chi connectivity index (χ0v) is 22.6. The van der Waals surface area contributed by atoms with Crippen LogP contribution in [0.1, 0.15) is 27.7 Å². The molecule has 0 aliphatic carbocycles. The third-order valence-corrected chi connectivity index (χ3v) is 2.14. The molecule has 0 aromatic heterocycles. The predicted molar refractivity (Wildman–Crippen MR) is 116 cm³/mol. The van der Waals surface area contributed by atoms with Crippen LogP contribution >= 0.6 is 0 Å². The molecule has 9 heteroatoms. The molecule has 176 valence electrons. The number of allylic oxidation sites excluding steroid dienone is 12. The van der Waals surface area contributed by atoms with Crippen LogP contribution in [0.25, 0.3) is 0 Å². The van der Waals surface area contributed by atoms with Gasteiger partial charge in [-0.05, 0) is 52.0 Å². The van der Waals surface area contributed by atoms with Crippen molar-refractivity contribution in [3.8, 4) is 0 Å². The van der Waals surface area contributed by atoms with E-state index in [4.69, 9.17) is 0 Å². The summed E-state index contributed by atoms with van der Waals surface area (Å²) >= 11 is 0. The zero-order chi connectivity index (χ0) is 25.6. The molecule has 0 N–H and O–H groups in total. The van der Waals surface area contributed by atoms with Gasteiger partial charge in [-0.25, -0.2) is 0 Å². The van der Waals surface area contributed by atoms with E-state index in [2.05, 4.69) is 0 Å². The normalized spacial score (nSPS) is 10.8. The first-order valence-corrected chi connectivity index (χ1v) is 9.10. The number of carbonyl (C=O) groups excluding carboxylic acids is 4. The van der Waals surface area contributed by atoms with Crippen LogP contribution < -0.4 is 71.8 Å². The molecule has 0 saturated heterocycles. The number of carbonyl (C=O) groups is 4. The number of aliphatic carboxylic acids is 4. The summed E-state index contributed by atoms with van der Waals surface area (Å²) in [6.45, 7) is 7.22. The van der Waals surface area contributed by atoms with Crippen molar-refractivity contribution in [3.05, 3.63) is 97.2 Å². The fraction of sp³-hybridized carbons (Fsp3) is 0.167. The quantitative estimate of drug-likeness (QED) is 0.195.